The largest absolute Gasteiger partial charge is 0.465 e. The van der Waals surface area contributed by atoms with Crippen molar-refractivity contribution in [2.24, 2.45) is 0 Å². The van der Waals surface area contributed by atoms with Gasteiger partial charge in [0.1, 0.15) is 0 Å². The van der Waals surface area contributed by atoms with Crippen LogP contribution in [-0.2, 0) is 17.0 Å². The molecule has 0 bridgehead atoms. The highest BCUT2D eigenvalue weighted by Gasteiger charge is 2.05. The molecule has 2 rings (SSSR count). The van der Waals surface area contributed by atoms with Crippen molar-refractivity contribution >= 4 is 23.8 Å². The van der Waals surface area contributed by atoms with Gasteiger partial charge in [-0.2, -0.15) is 11.8 Å². The van der Waals surface area contributed by atoms with Crippen molar-refractivity contribution < 1.29 is 14.3 Å². The van der Waals surface area contributed by atoms with Crippen molar-refractivity contribution in [3.05, 3.63) is 71.3 Å². The maximum Gasteiger partial charge on any atom is 0.337 e. The zero-order valence-electron chi connectivity index (χ0n) is 14.2. The second-order valence-corrected chi connectivity index (χ2v) is 6.44. The Morgan fingerprint density at radius 1 is 0.960 bits per heavy atom. The molecule has 25 heavy (non-hydrogen) atoms. The molecule has 2 amide bonds. The van der Waals surface area contributed by atoms with Crippen LogP contribution >= 0.6 is 11.8 Å². The quantitative estimate of drug-likeness (QED) is 0.562. The highest BCUT2D eigenvalue weighted by Crippen LogP contribution is 2.10. The summed E-state index contributed by atoms with van der Waals surface area (Å²) in [6.07, 6.45) is 0. The minimum absolute atomic E-state index is 0.197. The van der Waals surface area contributed by atoms with Gasteiger partial charge in [-0.1, -0.05) is 42.5 Å². The molecule has 0 aliphatic carbocycles. The molecule has 2 aromatic rings. The molecule has 0 spiro atoms. The number of rotatable bonds is 8. The van der Waals surface area contributed by atoms with Crippen LogP contribution in [0.1, 0.15) is 21.5 Å². The number of amides is 2. The van der Waals surface area contributed by atoms with Crippen molar-refractivity contribution in [2.45, 2.75) is 12.3 Å². The molecule has 0 heterocycles. The molecule has 2 aromatic carbocycles. The average molecular weight is 358 g/mol. The minimum Gasteiger partial charge on any atom is -0.465 e. The number of thioether (sulfide) groups is 1. The first-order valence-electron chi connectivity index (χ1n) is 7.99. The van der Waals surface area contributed by atoms with Crippen molar-refractivity contribution in [1.82, 2.24) is 10.6 Å². The zero-order valence-corrected chi connectivity index (χ0v) is 15.0. The van der Waals surface area contributed by atoms with Crippen LogP contribution < -0.4 is 10.6 Å². The van der Waals surface area contributed by atoms with Crippen molar-refractivity contribution in [2.75, 3.05) is 19.4 Å². The Morgan fingerprint density at radius 3 is 2.36 bits per heavy atom. The first-order chi connectivity index (χ1) is 12.2. The Balaban J connectivity index is 1.60. The smallest absolute Gasteiger partial charge is 0.337 e. The van der Waals surface area contributed by atoms with Crippen LogP contribution in [0.2, 0.25) is 0 Å². The van der Waals surface area contributed by atoms with Crippen molar-refractivity contribution in [1.29, 1.82) is 0 Å². The zero-order chi connectivity index (χ0) is 17.9. The lowest BCUT2D eigenvalue weighted by atomic mass is 10.1. The number of nitrogens with one attached hydrogen (secondary N) is 2. The number of urea groups is 1. The second-order valence-electron chi connectivity index (χ2n) is 5.34. The van der Waals surface area contributed by atoms with Crippen LogP contribution in [0.5, 0.6) is 0 Å². The number of carbonyl (C=O) groups is 2. The Labute approximate surface area is 152 Å². The van der Waals surface area contributed by atoms with Gasteiger partial charge in [0.2, 0.25) is 0 Å². The summed E-state index contributed by atoms with van der Waals surface area (Å²) in [6, 6.07) is 17.0. The molecule has 0 atom stereocenters. The Hall–Kier alpha value is -2.47. The molecule has 0 aliphatic heterocycles. The first kappa shape index (κ1) is 18.9. The molecule has 0 saturated heterocycles. The molecule has 2 N–H and O–H groups in total. The summed E-state index contributed by atoms with van der Waals surface area (Å²) in [5.41, 5.74) is 2.69. The predicted molar refractivity (Wildman–Crippen MR) is 101 cm³/mol. The molecular weight excluding hydrogens is 336 g/mol. The van der Waals surface area contributed by atoms with Gasteiger partial charge in [-0.15, -0.1) is 0 Å². The molecule has 0 aromatic heterocycles. The van der Waals surface area contributed by atoms with Gasteiger partial charge in [0.05, 0.1) is 12.7 Å². The van der Waals surface area contributed by atoms with Crippen LogP contribution in [0.25, 0.3) is 0 Å². The van der Waals surface area contributed by atoms with Gasteiger partial charge in [-0.25, -0.2) is 9.59 Å². The third kappa shape index (κ3) is 6.89. The molecule has 5 nitrogen and oxygen atoms in total. The molecule has 0 radical (unpaired) electrons. The van der Waals surface area contributed by atoms with Crippen LogP contribution in [0.4, 0.5) is 4.79 Å². The highest BCUT2D eigenvalue weighted by atomic mass is 32.2. The molecule has 6 heteroatoms. The Bertz CT molecular complexity index is 675. The van der Waals surface area contributed by atoms with Gasteiger partial charge in [-0.3, -0.25) is 0 Å². The number of esters is 1. The molecule has 0 saturated carbocycles. The summed E-state index contributed by atoms with van der Waals surface area (Å²) < 4.78 is 4.65. The SMILES string of the molecule is COC(=O)c1ccc(CNC(=O)NCCSCc2ccccc2)cc1. The van der Waals surface area contributed by atoms with Gasteiger partial charge in [0, 0.05) is 24.6 Å². The lowest BCUT2D eigenvalue weighted by molar-refractivity contribution is 0.0600. The van der Waals surface area contributed by atoms with E-state index in [4.69, 9.17) is 0 Å². The summed E-state index contributed by atoms with van der Waals surface area (Å²) in [5, 5.41) is 5.63. The van der Waals surface area contributed by atoms with Crippen LogP contribution in [0.15, 0.2) is 54.6 Å². The molecule has 0 fully saturated rings. The fraction of sp³-hybridized carbons (Fsp3) is 0.263. The third-order valence-corrected chi connectivity index (χ3v) is 4.50. The number of carbonyl (C=O) groups excluding carboxylic acids is 2. The fourth-order valence-electron chi connectivity index (χ4n) is 2.12. The van der Waals surface area contributed by atoms with Crippen molar-refractivity contribution in [3.63, 3.8) is 0 Å². The summed E-state index contributed by atoms with van der Waals surface area (Å²) in [5.74, 6) is 1.43. The maximum absolute atomic E-state index is 11.8. The molecule has 0 unspecified atom stereocenters. The summed E-state index contributed by atoms with van der Waals surface area (Å²) >= 11 is 1.78. The number of hydrogen-bond donors (Lipinski definition) is 2. The second kappa shape index (κ2) is 10.4. The van der Waals surface area contributed by atoms with E-state index in [0.717, 1.165) is 17.1 Å². The van der Waals surface area contributed by atoms with E-state index in [9.17, 15) is 9.59 Å². The molecule has 132 valence electrons. The first-order valence-corrected chi connectivity index (χ1v) is 9.15. The van der Waals surface area contributed by atoms with E-state index < -0.39 is 0 Å². The van der Waals surface area contributed by atoms with Gasteiger partial charge in [0.15, 0.2) is 0 Å². The van der Waals surface area contributed by atoms with Crippen molar-refractivity contribution in [3.8, 4) is 0 Å². The predicted octanol–water partition coefficient (Wildman–Crippen LogP) is 3.21. The fourth-order valence-corrected chi connectivity index (χ4v) is 2.94. The maximum atomic E-state index is 11.8. The standard InChI is InChI=1S/C19H22N2O3S/c1-24-18(22)17-9-7-15(8-10-17)13-21-19(23)20-11-12-25-14-16-5-3-2-4-6-16/h2-10H,11-14H2,1H3,(H2,20,21,23). The van der Waals surface area contributed by atoms with Gasteiger partial charge < -0.3 is 15.4 Å². The minimum atomic E-state index is -0.370. The molecule has 0 aliphatic rings. The number of ether oxygens (including phenoxy) is 1. The topological polar surface area (TPSA) is 67.4 Å². The van der Waals surface area contributed by atoms with E-state index in [0.29, 0.717) is 18.7 Å². The Kier molecular flexibility index (Phi) is 7.85. The number of benzene rings is 2. The molecular formula is C19H22N2O3S. The van der Waals surface area contributed by atoms with E-state index in [-0.39, 0.29) is 12.0 Å². The normalized spacial score (nSPS) is 10.1. The lowest BCUT2D eigenvalue weighted by Crippen LogP contribution is -2.36. The van der Waals surface area contributed by atoms with E-state index >= 15 is 0 Å². The third-order valence-electron chi connectivity index (χ3n) is 3.47. The lowest BCUT2D eigenvalue weighted by Gasteiger charge is -2.08. The number of hydrogen-bond acceptors (Lipinski definition) is 4. The summed E-state index contributed by atoms with van der Waals surface area (Å²) in [4.78, 5) is 23.1. The van der Waals surface area contributed by atoms with Crippen LogP contribution in [-0.4, -0.2) is 31.4 Å². The van der Waals surface area contributed by atoms with E-state index in [2.05, 4.69) is 27.5 Å². The monoisotopic (exact) mass is 358 g/mol. The van der Waals surface area contributed by atoms with Gasteiger partial charge in [-0.05, 0) is 23.3 Å². The average Bonchev–Trinajstić information content (AvgIpc) is 2.66. The van der Waals surface area contributed by atoms with E-state index in [1.54, 1.807) is 36.0 Å². The summed E-state index contributed by atoms with van der Waals surface area (Å²) in [6.45, 7) is 1.02. The summed E-state index contributed by atoms with van der Waals surface area (Å²) in [7, 11) is 1.35. The van der Waals surface area contributed by atoms with Gasteiger partial charge in [0.25, 0.3) is 0 Å². The number of methoxy groups -OCH3 is 1. The van der Waals surface area contributed by atoms with Crippen LogP contribution in [0.3, 0.4) is 0 Å². The van der Waals surface area contributed by atoms with Gasteiger partial charge >= 0.3 is 12.0 Å². The van der Waals surface area contributed by atoms with Crippen LogP contribution in [0, 0.1) is 0 Å². The van der Waals surface area contributed by atoms with E-state index in [1.807, 2.05) is 18.2 Å². The highest BCUT2D eigenvalue weighted by molar-refractivity contribution is 7.98. The van der Waals surface area contributed by atoms with E-state index in [1.165, 1.54) is 12.7 Å². The Morgan fingerprint density at radius 2 is 1.68 bits per heavy atom.